The van der Waals surface area contributed by atoms with Crippen LogP contribution in [0.5, 0.6) is 0 Å². The van der Waals surface area contributed by atoms with Crippen LogP contribution in [0.15, 0.2) is 12.2 Å². The predicted octanol–water partition coefficient (Wildman–Crippen LogP) is 3.56. The van der Waals surface area contributed by atoms with Gasteiger partial charge in [-0.15, -0.1) is 0 Å². The van der Waals surface area contributed by atoms with Crippen LogP contribution in [0.1, 0.15) is 32.6 Å². The molecule has 0 aromatic carbocycles. The molecule has 0 aromatic rings. The van der Waals surface area contributed by atoms with Gasteiger partial charge in [-0.05, 0) is 29.8 Å². The van der Waals surface area contributed by atoms with Crippen LogP contribution in [0.4, 0.5) is 0 Å². The Balaban J connectivity index is 3.23. The van der Waals surface area contributed by atoms with Crippen LogP contribution in [-0.2, 0) is 0 Å². The summed E-state index contributed by atoms with van der Waals surface area (Å²) in [6.45, 7) is 2.15. The van der Waals surface area contributed by atoms with Gasteiger partial charge in [0.1, 0.15) is 0 Å². The molecular weight excluding hydrogens is 247 g/mol. The molecule has 0 spiro atoms. The molecular formula is C10H15I. The summed E-state index contributed by atoms with van der Waals surface area (Å²) in [5.41, 5.74) is 0. The summed E-state index contributed by atoms with van der Waals surface area (Å²) in [5, 5.41) is 0. The molecule has 0 aliphatic rings. The van der Waals surface area contributed by atoms with Gasteiger partial charge in [-0.25, -0.2) is 0 Å². The van der Waals surface area contributed by atoms with Gasteiger partial charge in [-0.1, -0.05) is 47.4 Å². The van der Waals surface area contributed by atoms with Gasteiger partial charge in [0.15, 0.2) is 0 Å². The number of halogens is 1. The normalized spacial score (nSPS) is 9.64. The maximum atomic E-state index is 3.07. The molecule has 0 aliphatic heterocycles. The van der Waals surface area contributed by atoms with Gasteiger partial charge in [0.2, 0.25) is 0 Å². The molecule has 62 valence electrons. The van der Waals surface area contributed by atoms with Crippen molar-refractivity contribution in [1.82, 2.24) is 0 Å². The van der Waals surface area contributed by atoms with Crippen molar-refractivity contribution in [2.24, 2.45) is 0 Å². The van der Waals surface area contributed by atoms with Crippen molar-refractivity contribution >= 4 is 22.6 Å². The van der Waals surface area contributed by atoms with Crippen molar-refractivity contribution in [1.29, 1.82) is 0 Å². The summed E-state index contributed by atoms with van der Waals surface area (Å²) < 4.78 is 1.24. The van der Waals surface area contributed by atoms with E-state index in [4.69, 9.17) is 0 Å². The van der Waals surface area contributed by atoms with E-state index < -0.39 is 0 Å². The van der Waals surface area contributed by atoms with E-state index >= 15 is 0 Å². The lowest BCUT2D eigenvalue weighted by Crippen LogP contribution is -1.68. The van der Waals surface area contributed by atoms with Crippen LogP contribution in [0.2, 0.25) is 0 Å². The zero-order valence-corrected chi connectivity index (χ0v) is 9.23. The average molecular weight is 262 g/mol. The molecule has 11 heavy (non-hydrogen) atoms. The highest BCUT2D eigenvalue weighted by Gasteiger charge is 1.75. The fourth-order valence-electron chi connectivity index (χ4n) is 0.593. The lowest BCUT2D eigenvalue weighted by molar-refractivity contribution is 0.981. The third-order valence-electron chi connectivity index (χ3n) is 1.18. The highest BCUT2D eigenvalue weighted by atomic mass is 127. The molecule has 0 aromatic heterocycles. The minimum atomic E-state index is 1.02. The smallest absolute Gasteiger partial charge is 0.00896 e. The molecule has 0 saturated heterocycles. The van der Waals surface area contributed by atoms with Crippen molar-refractivity contribution in [3.63, 3.8) is 0 Å². The van der Waals surface area contributed by atoms with Crippen molar-refractivity contribution < 1.29 is 0 Å². The molecule has 0 fully saturated rings. The van der Waals surface area contributed by atoms with Crippen LogP contribution in [0.25, 0.3) is 0 Å². The third kappa shape index (κ3) is 10.0. The van der Waals surface area contributed by atoms with Gasteiger partial charge >= 0.3 is 0 Å². The van der Waals surface area contributed by atoms with E-state index in [1.165, 1.54) is 17.3 Å². The number of hydrogen-bond donors (Lipinski definition) is 0. The van der Waals surface area contributed by atoms with Crippen LogP contribution in [0.3, 0.4) is 0 Å². The summed E-state index contributed by atoms with van der Waals surface area (Å²) in [6.07, 6.45) is 8.75. The fourth-order valence-corrected chi connectivity index (χ4v) is 1.03. The molecule has 0 aliphatic carbocycles. The third-order valence-corrected chi connectivity index (χ3v) is 1.95. The first-order valence-corrected chi connectivity index (χ1v) is 5.63. The highest BCUT2D eigenvalue weighted by molar-refractivity contribution is 14.1. The van der Waals surface area contributed by atoms with E-state index in [-0.39, 0.29) is 0 Å². The zero-order chi connectivity index (χ0) is 8.36. The van der Waals surface area contributed by atoms with Crippen LogP contribution >= 0.6 is 22.6 Å². The molecule has 0 rings (SSSR count). The standard InChI is InChI=1S/C10H15I/c1-2-3-4-5-6-7-8-9-10-11/h6-7H,2-3,8-10H2,1H3/b7-6+. The second-order valence-electron chi connectivity index (χ2n) is 2.30. The first-order valence-electron chi connectivity index (χ1n) is 4.11. The second kappa shape index (κ2) is 10.0. The maximum absolute atomic E-state index is 3.07. The Morgan fingerprint density at radius 3 is 2.91 bits per heavy atom. The highest BCUT2D eigenvalue weighted by Crippen LogP contribution is 1.94. The lowest BCUT2D eigenvalue weighted by atomic mass is 10.3. The molecule has 0 bridgehead atoms. The Bertz CT molecular complexity index is 148. The Morgan fingerprint density at radius 1 is 1.45 bits per heavy atom. The van der Waals surface area contributed by atoms with Crippen molar-refractivity contribution in [2.45, 2.75) is 32.6 Å². The van der Waals surface area contributed by atoms with Crippen molar-refractivity contribution in [3.05, 3.63) is 12.2 Å². The predicted molar refractivity (Wildman–Crippen MR) is 59.9 cm³/mol. The van der Waals surface area contributed by atoms with Gasteiger partial charge in [0.05, 0.1) is 0 Å². The number of hydrogen-bond acceptors (Lipinski definition) is 0. The second-order valence-corrected chi connectivity index (χ2v) is 3.38. The molecule has 0 atom stereocenters. The van der Waals surface area contributed by atoms with Gasteiger partial charge in [0, 0.05) is 6.42 Å². The Hall–Kier alpha value is 0.0300. The Labute approximate surface area is 83.6 Å². The Morgan fingerprint density at radius 2 is 2.27 bits per heavy atom. The quantitative estimate of drug-likeness (QED) is 0.314. The summed E-state index contributed by atoms with van der Waals surface area (Å²) in [6, 6.07) is 0. The van der Waals surface area contributed by atoms with E-state index in [9.17, 15) is 0 Å². The minimum Gasteiger partial charge on any atom is -0.0985 e. The van der Waals surface area contributed by atoms with E-state index in [0.717, 1.165) is 12.8 Å². The molecule has 0 saturated carbocycles. The first-order chi connectivity index (χ1) is 5.41. The van der Waals surface area contributed by atoms with Gasteiger partial charge in [0.25, 0.3) is 0 Å². The van der Waals surface area contributed by atoms with Crippen molar-refractivity contribution in [3.8, 4) is 11.8 Å². The lowest BCUT2D eigenvalue weighted by Gasteiger charge is -1.83. The van der Waals surface area contributed by atoms with Crippen LogP contribution < -0.4 is 0 Å². The summed E-state index contributed by atoms with van der Waals surface area (Å²) >= 11 is 2.39. The topological polar surface area (TPSA) is 0 Å². The fraction of sp³-hybridized carbons (Fsp3) is 0.600. The van der Waals surface area contributed by atoms with E-state index in [0.29, 0.717) is 0 Å². The number of rotatable bonds is 4. The monoisotopic (exact) mass is 262 g/mol. The van der Waals surface area contributed by atoms with E-state index in [1.807, 2.05) is 6.08 Å². The molecule has 1 heteroatoms. The van der Waals surface area contributed by atoms with Crippen molar-refractivity contribution in [2.75, 3.05) is 4.43 Å². The maximum Gasteiger partial charge on any atom is 0.00896 e. The summed E-state index contributed by atoms with van der Waals surface area (Å²) in [5.74, 6) is 6.09. The van der Waals surface area contributed by atoms with Crippen LogP contribution in [-0.4, -0.2) is 4.43 Å². The van der Waals surface area contributed by atoms with Gasteiger partial charge in [-0.3, -0.25) is 0 Å². The molecule has 0 N–H and O–H groups in total. The number of alkyl halides is 1. The van der Waals surface area contributed by atoms with E-state index in [1.54, 1.807) is 0 Å². The van der Waals surface area contributed by atoms with E-state index in [2.05, 4.69) is 47.4 Å². The number of allylic oxidation sites excluding steroid dienone is 2. The molecule has 0 amide bonds. The first kappa shape index (κ1) is 11.0. The van der Waals surface area contributed by atoms with Gasteiger partial charge in [-0.2, -0.15) is 0 Å². The van der Waals surface area contributed by atoms with Gasteiger partial charge < -0.3 is 0 Å². The SMILES string of the molecule is CCCC#C/C=C/CCCI. The summed E-state index contributed by atoms with van der Waals surface area (Å²) in [7, 11) is 0. The van der Waals surface area contributed by atoms with Crippen LogP contribution in [0, 0.1) is 11.8 Å². The number of unbranched alkanes of at least 4 members (excludes halogenated alkanes) is 2. The largest absolute Gasteiger partial charge is 0.0985 e. The minimum absolute atomic E-state index is 1.02. The molecule has 0 radical (unpaired) electrons. The molecule has 0 nitrogen and oxygen atoms in total. The summed E-state index contributed by atoms with van der Waals surface area (Å²) in [4.78, 5) is 0. The zero-order valence-electron chi connectivity index (χ0n) is 7.07. The molecule has 0 heterocycles. The average Bonchev–Trinajstić information content (AvgIpc) is 2.03. The Kier molecular flexibility index (Phi) is 10.1. The molecule has 0 unspecified atom stereocenters.